The molecule has 206 valence electrons. The summed E-state index contributed by atoms with van der Waals surface area (Å²) >= 11 is 12.2. The lowest BCUT2D eigenvalue weighted by Crippen LogP contribution is -2.09. The van der Waals surface area contributed by atoms with E-state index in [1.807, 2.05) is 13.8 Å². The number of hydrogen-bond acceptors (Lipinski definition) is 8. The summed E-state index contributed by atoms with van der Waals surface area (Å²) < 4.78 is 9.79. The van der Waals surface area contributed by atoms with E-state index >= 15 is 0 Å². The maximum absolute atomic E-state index is 11.2. The van der Waals surface area contributed by atoms with Crippen LogP contribution in [-0.2, 0) is 19.9 Å². The fourth-order valence-corrected chi connectivity index (χ4v) is 5.46. The Kier molecular flexibility index (Phi) is 13.3. The van der Waals surface area contributed by atoms with Crippen molar-refractivity contribution in [2.45, 2.75) is 40.5 Å². The summed E-state index contributed by atoms with van der Waals surface area (Å²) in [5, 5.41) is 4.01. The molecule has 0 aliphatic carbocycles. The van der Waals surface area contributed by atoms with E-state index in [1.165, 1.54) is 6.92 Å². The zero-order valence-electron chi connectivity index (χ0n) is 21.8. The monoisotopic (exact) mass is 835 g/mol. The topological polar surface area (TPSA) is 121 Å². The van der Waals surface area contributed by atoms with E-state index in [2.05, 4.69) is 90.4 Å². The standard InChI is InChI=1S/C10H10BrN3O2.C9H10BrNO.C7H5BrINO/c1-3-6-7(4-12-5-8(6)11)9-13-14(2)10(15)16-9;1-3-7-8(6(2)12)4-11-5-9(7)10;1-4(11)5-2-10-3-6(8)7(5)9/h4-5H,3H2,1-2H3;4-5H,3H2,1-2H3;2-3H,1H3. The van der Waals surface area contributed by atoms with Crippen LogP contribution in [0.4, 0.5) is 0 Å². The molecule has 4 aromatic heterocycles. The minimum atomic E-state index is -0.475. The minimum absolute atomic E-state index is 0.0446. The highest BCUT2D eigenvalue weighted by Gasteiger charge is 2.14. The van der Waals surface area contributed by atoms with E-state index in [0.717, 1.165) is 51.2 Å². The quantitative estimate of drug-likeness (QED) is 0.156. The van der Waals surface area contributed by atoms with Gasteiger partial charge in [0.2, 0.25) is 0 Å². The van der Waals surface area contributed by atoms with Crippen LogP contribution < -0.4 is 5.76 Å². The predicted molar refractivity (Wildman–Crippen MR) is 168 cm³/mol. The second-order valence-electron chi connectivity index (χ2n) is 7.89. The summed E-state index contributed by atoms with van der Waals surface area (Å²) in [6.07, 6.45) is 11.6. The third-order valence-corrected chi connectivity index (χ3v) is 9.10. The average molecular weight is 838 g/mol. The molecule has 0 unspecified atom stereocenters. The van der Waals surface area contributed by atoms with Gasteiger partial charge in [0.25, 0.3) is 5.89 Å². The first-order chi connectivity index (χ1) is 18.4. The van der Waals surface area contributed by atoms with E-state index in [0.29, 0.717) is 17.0 Å². The number of pyridine rings is 3. The van der Waals surface area contributed by atoms with Crippen molar-refractivity contribution in [3.8, 4) is 11.5 Å². The van der Waals surface area contributed by atoms with Crippen molar-refractivity contribution in [2.24, 2.45) is 7.05 Å². The number of ketones is 2. The SMILES string of the molecule is CC(=O)c1cncc(Br)c1I.CCc1c(Br)cncc1-c1nn(C)c(=O)o1.CCc1c(Br)cncc1C(C)=O. The molecule has 0 amide bonds. The van der Waals surface area contributed by atoms with Gasteiger partial charge in [0.05, 0.1) is 11.1 Å². The molecular formula is C26H25Br3IN5O4. The lowest BCUT2D eigenvalue weighted by Gasteiger charge is -2.04. The second kappa shape index (κ2) is 15.6. The van der Waals surface area contributed by atoms with Crippen LogP contribution >= 0.6 is 70.4 Å². The number of aryl methyl sites for hydroxylation is 1. The maximum Gasteiger partial charge on any atom is 0.437 e. The summed E-state index contributed by atoms with van der Waals surface area (Å²) in [5.41, 5.74) is 4.19. The van der Waals surface area contributed by atoms with E-state index in [9.17, 15) is 14.4 Å². The highest BCUT2D eigenvalue weighted by atomic mass is 127. The number of aromatic nitrogens is 5. The molecule has 0 spiro atoms. The lowest BCUT2D eigenvalue weighted by atomic mass is 10.1. The van der Waals surface area contributed by atoms with Crippen LogP contribution in [0.5, 0.6) is 0 Å². The number of halogens is 4. The van der Waals surface area contributed by atoms with Crippen LogP contribution in [0.2, 0.25) is 0 Å². The fraction of sp³-hybridized carbons (Fsp3) is 0.269. The first kappa shape index (κ1) is 33.1. The Bertz CT molecular complexity index is 1540. The predicted octanol–water partition coefficient (Wildman–Crippen LogP) is 7.02. The molecule has 0 bridgehead atoms. The molecule has 0 N–H and O–H groups in total. The van der Waals surface area contributed by atoms with Gasteiger partial charge >= 0.3 is 5.76 Å². The van der Waals surface area contributed by atoms with Gasteiger partial charge in [0.1, 0.15) is 0 Å². The molecule has 39 heavy (non-hydrogen) atoms. The van der Waals surface area contributed by atoms with E-state index < -0.39 is 5.76 Å². The molecule has 9 nitrogen and oxygen atoms in total. The third-order valence-electron chi connectivity index (χ3n) is 5.23. The van der Waals surface area contributed by atoms with Gasteiger partial charge in [-0.1, -0.05) is 13.8 Å². The van der Waals surface area contributed by atoms with E-state index in [1.54, 1.807) is 51.2 Å². The van der Waals surface area contributed by atoms with Crippen LogP contribution in [-0.4, -0.2) is 36.3 Å². The molecular weight excluding hydrogens is 813 g/mol. The maximum atomic E-state index is 11.2. The Labute approximate surface area is 264 Å². The molecule has 4 rings (SSSR count). The van der Waals surface area contributed by atoms with Gasteiger partial charge in [0.15, 0.2) is 11.6 Å². The Hall–Kier alpha value is -2.10. The summed E-state index contributed by atoms with van der Waals surface area (Å²) in [6.45, 7) is 7.13. The summed E-state index contributed by atoms with van der Waals surface area (Å²) in [7, 11) is 1.55. The lowest BCUT2D eigenvalue weighted by molar-refractivity contribution is 0.100. The molecule has 0 saturated heterocycles. The highest BCUT2D eigenvalue weighted by molar-refractivity contribution is 14.1. The van der Waals surface area contributed by atoms with E-state index in [-0.39, 0.29) is 11.6 Å². The van der Waals surface area contributed by atoms with Crippen LogP contribution in [0.25, 0.3) is 11.5 Å². The number of carbonyl (C=O) groups is 2. The van der Waals surface area contributed by atoms with Crippen LogP contribution in [0.1, 0.15) is 59.5 Å². The minimum Gasteiger partial charge on any atom is -0.388 e. The number of nitrogens with zero attached hydrogens (tertiary/aromatic N) is 5. The second-order valence-corrected chi connectivity index (χ2v) is 11.5. The van der Waals surface area contributed by atoms with Gasteiger partial charge in [-0.3, -0.25) is 24.5 Å². The van der Waals surface area contributed by atoms with E-state index in [4.69, 9.17) is 4.42 Å². The largest absolute Gasteiger partial charge is 0.437 e. The molecule has 0 aliphatic heterocycles. The van der Waals surface area contributed by atoms with Gasteiger partial charge in [-0.2, -0.15) is 4.68 Å². The Balaban J connectivity index is 0.000000210. The number of rotatable bonds is 5. The molecule has 0 atom stereocenters. The van der Waals surface area contributed by atoms with Crippen molar-refractivity contribution in [1.82, 2.24) is 24.7 Å². The summed E-state index contributed by atoms with van der Waals surface area (Å²) in [4.78, 5) is 45.2. The molecule has 0 radical (unpaired) electrons. The van der Waals surface area contributed by atoms with Gasteiger partial charge in [-0.15, -0.1) is 5.10 Å². The summed E-state index contributed by atoms with van der Waals surface area (Å²) in [6, 6.07) is 0. The summed E-state index contributed by atoms with van der Waals surface area (Å²) in [5.74, 6) is -0.0565. The van der Waals surface area contributed by atoms with Crippen LogP contribution in [0, 0.1) is 3.57 Å². The number of hydrogen-bond donors (Lipinski definition) is 0. The van der Waals surface area contributed by atoms with Crippen molar-refractivity contribution in [1.29, 1.82) is 0 Å². The van der Waals surface area contributed by atoms with Gasteiger partial charge < -0.3 is 4.42 Å². The van der Waals surface area contributed by atoms with Gasteiger partial charge in [-0.25, -0.2) is 4.79 Å². The molecule has 0 fully saturated rings. The van der Waals surface area contributed by atoms with Gasteiger partial charge in [-0.05, 0) is 108 Å². The molecule has 0 aliphatic rings. The zero-order chi connectivity index (χ0) is 29.3. The van der Waals surface area contributed by atoms with Crippen molar-refractivity contribution in [3.05, 3.63) is 87.0 Å². The van der Waals surface area contributed by atoms with Gasteiger partial charge in [0, 0.05) is 66.8 Å². The molecule has 0 saturated carbocycles. The Morgan fingerprint density at radius 2 is 1.31 bits per heavy atom. The van der Waals surface area contributed by atoms with Crippen molar-refractivity contribution in [2.75, 3.05) is 0 Å². The van der Waals surface area contributed by atoms with Crippen LogP contribution in [0.3, 0.4) is 0 Å². The Morgan fingerprint density at radius 1 is 0.821 bits per heavy atom. The molecule has 4 heterocycles. The third kappa shape index (κ3) is 8.95. The fourth-order valence-electron chi connectivity index (χ4n) is 3.25. The number of Topliss-reactive ketones (excluding diaryl/α,β-unsaturated/α-hetero) is 2. The Morgan fingerprint density at radius 3 is 1.74 bits per heavy atom. The normalized spacial score (nSPS) is 10.2. The first-order valence-electron chi connectivity index (χ1n) is 11.5. The smallest absolute Gasteiger partial charge is 0.388 e. The highest BCUT2D eigenvalue weighted by Crippen LogP contribution is 2.27. The van der Waals surface area contributed by atoms with Crippen LogP contribution in [0.15, 0.2) is 59.8 Å². The first-order valence-corrected chi connectivity index (χ1v) is 15.0. The molecule has 4 aromatic rings. The van der Waals surface area contributed by atoms with Crippen molar-refractivity contribution in [3.63, 3.8) is 0 Å². The molecule has 0 aromatic carbocycles. The zero-order valence-corrected chi connectivity index (χ0v) is 28.7. The number of carbonyl (C=O) groups excluding carboxylic acids is 2. The molecule has 13 heteroatoms. The average Bonchev–Trinajstić information content (AvgIpc) is 3.23. The van der Waals surface area contributed by atoms with Crippen molar-refractivity contribution >= 4 is 81.9 Å². The van der Waals surface area contributed by atoms with Crippen molar-refractivity contribution < 1.29 is 14.0 Å².